The number of phenolic OH excluding ortho intramolecular Hbond substituents is 1. The number of nitrogens with one attached hydrogen (secondary N) is 1. The summed E-state index contributed by atoms with van der Waals surface area (Å²) in [6.45, 7) is 9.75. The van der Waals surface area contributed by atoms with Crippen molar-refractivity contribution in [3.05, 3.63) is 29.8 Å². The minimum absolute atomic E-state index is 0.297. The van der Waals surface area contributed by atoms with Crippen molar-refractivity contribution in [1.29, 1.82) is 0 Å². The lowest BCUT2D eigenvalue weighted by atomic mass is 9.96. The average Bonchev–Trinajstić information content (AvgIpc) is 2.14. The highest BCUT2D eigenvalue weighted by Crippen LogP contribution is 2.18. The minimum Gasteiger partial charge on any atom is -0.508 e. The van der Waals surface area contributed by atoms with Gasteiger partial charge in [0.25, 0.3) is 0 Å². The van der Waals surface area contributed by atoms with E-state index < -0.39 is 0 Å². The first-order valence-corrected chi connectivity index (χ1v) is 5.41. The monoisotopic (exact) mass is 207 g/mol. The van der Waals surface area contributed by atoms with E-state index >= 15 is 0 Å². The first-order valence-electron chi connectivity index (χ1n) is 5.41. The number of hydrogen-bond acceptors (Lipinski definition) is 2. The van der Waals surface area contributed by atoms with Crippen LogP contribution in [0, 0.1) is 5.41 Å². The molecule has 0 saturated heterocycles. The predicted octanol–water partition coefficient (Wildman–Crippen LogP) is 3.09. The maximum Gasteiger partial charge on any atom is 0.115 e. The molecule has 0 fully saturated rings. The van der Waals surface area contributed by atoms with Gasteiger partial charge in [0.1, 0.15) is 5.75 Å². The molecule has 0 heterocycles. The van der Waals surface area contributed by atoms with Crippen LogP contribution in [0.4, 0.5) is 0 Å². The molecular weight excluding hydrogens is 186 g/mol. The fourth-order valence-corrected chi connectivity index (χ4v) is 1.34. The summed E-state index contributed by atoms with van der Waals surface area (Å²) in [7, 11) is 0. The quantitative estimate of drug-likeness (QED) is 0.798. The van der Waals surface area contributed by atoms with Gasteiger partial charge in [-0.15, -0.1) is 0 Å². The van der Waals surface area contributed by atoms with Gasteiger partial charge in [0.2, 0.25) is 0 Å². The van der Waals surface area contributed by atoms with Gasteiger partial charge in [0.15, 0.2) is 0 Å². The fourth-order valence-electron chi connectivity index (χ4n) is 1.34. The second-order valence-corrected chi connectivity index (χ2v) is 5.25. The number of hydrogen-bond donors (Lipinski definition) is 2. The summed E-state index contributed by atoms with van der Waals surface area (Å²) in [6.07, 6.45) is 0. The molecule has 1 aromatic carbocycles. The van der Waals surface area contributed by atoms with E-state index in [0.29, 0.717) is 17.2 Å². The van der Waals surface area contributed by atoms with Gasteiger partial charge < -0.3 is 10.4 Å². The van der Waals surface area contributed by atoms with Crippen LogP contribution in [0.3, 0.4) is 0 Å². The van der Waals surface area contributed by atoms with Gasteiger partial charge in [-0.25, -0.2) is 0 Å². The summed E-state index contributed by atoms with van der Waals surface area (Å²) in [5.74, 6) is 0.321. The Balaban J connectivity index is 2.54. The maximum absolute atomic E-state index is 9.18. The maximum atomic E-state index is 9.18. The molecule has 0 spiro atoms. The highest BCUT2D eigenvalue weighted by Gasteiger charge is 2.12. The van der Waals surface area contributed by atoms with E-state index in [1.54, 1.807) is 12.1 Å². The van der Waals surface area contributed by atoms with E-state index in [0.717, 1.165) is 6.54 Å². The van der Waals surface area contributed by atoms with Gasteiger partial charge in [0.05, 0.1) is 0 Å². The average molecular weight is 207 g/mol. The fraction of sp³-hybridized carbons (Fsp3) is 0.538. The van der Waals surface area contributed by atoms with Gasteiger partial charge in [-0.3, -0.25) is 0 Å². The van der Waals surface area contributed by atoms with Crippen LogP contribution in [0.2, 0.25) is 0 Å². The summed E-state index contributed by atoms with van der Waals surface area (Å²) in [5.41, 5.74) is 1.50. The van der Waals surface area contributed by atoms with Gasteiger partial charge in [-0.1, -0.05) is 32.9 Å². The van der Waals surface area contributed by atoms with Crippen LogP contribution in [0.15, 0.2) is 24.3 Å². The summed E-state index contributed by atoms with van der Waals surface area (Å²) >= 11 is 0. The van der Waals surface area contributed by atoms with Crippen LogP contribution < -0.4 is 5.32 Å². The Kier molecular flexibility index (Phi) is 3.75. The third-order valence-electron chi connectivity index (χ3n) is 2.33. The van der Waals surface area contributed by atoms with E-state index in [1.807, 2.05) is 12.1 Å². The van der Waals surface area contributed by atoms with E-state index in [1.165, 1.54) is 5.56 Å². The standard InChI is InChI=1S/C13H21NO/c1-10(14-9-13(2,3)4)11-5-7-12(15)8-6-11/h5-8,10,14-15H,9H2,1-4H3. The van der Waals surface area contributed by atoms with Crippen LogP contribution in [0.25, 0.3) is 0 Å². The molecule has 0 amide bonds. The van der Waals surface area contributed by atoms with Gasteiger partial charge in [-0.05, 0) is 30.0 Å². The lowest BCUT2D eigenvalue weighted by Crippen LogP contribution is -2.29. The Morgan fingerprint density at radius 2 is 1.73 bits per heavy atom. The first-order chi connectivity index (χ1) is 6.88. The summed E-state index contributed by atoms with van der Waals surface area (Å²) in [6, 6.07) is 7.69. The van der Waals surface area contributed by atoms with Crippen LogP contribution in [-0.2, 0) is 0 Å². The first kappa shape index (κ1) is 12.1. The molecule has 15 heavy (non-hydrogen) atoms. The zero-order valence-electron chi connectivity index (χ0n) is 10.0. The summed E-state index contributed by atoms with van der Waals surface area (Å²) in [5, 5.41) is 12.7. The normalized spacial score (nSPS) is 13.9. The highest BCUT2D eigenvalue weighted by molar-refractivity contribution is 5.27. The molecule has 2 N–H and O–H groups in total. The molecule has 0 aliphatic rings. The van der Waals surface area contributed by atoms with Crippen LogP contribution in [0.1, 0.15) is 39.3 Å². The van der Waals surface area contributed by atoms with Crippen LogP contribution in [0.5, 0.6) is 5.75 Å². The van der Waals surface area contributed by atoms with Gasteiger partial charge >= 0.3 is 0 Å². The van der Waals surface area contributed by atoms with E-state index in [2.05, 4.69) is 33.0 Å². The van der Waals surface area contributed by atoms with Crippen molar-refractivity contribution in [3.8, 4) is 5.75 Å². The third-order valence-corrected chi connectivity index (χ3v) is 2.33. The Bertz CT molecular complexity index is 297. The zero-order chi connectivity index (χ0) is 11.5. The predicted molar refractivity (Wildman–Crippen MR) is 64.0 cm³/mol. The molecule has 2 heteroatoms. The second-order valence-electron chi connectivity index (χ2n) is 5.25. The lowest BCUT2D eigenvalue weighted by Gasteiger charge is -2.22. The molecule has 84 valence electrons. The van der Waals surface area contributed by atoms with Gasteiger partial charge in [0, 0.05) is 12.6 Å². The van der Waals surface area contributed by atoms with E-state index in [4.69, 9.17) is 0 Å². The molecule has 1 unspecified atom stereocenters. The lowest BCUT2D eigenvalue weighted by molar-refractivity contribution is 0.359. The number of aromatic hydroxyl groups is 1. The van der Waals surface area contributed by atoms with Crippen LogP contribution in [-0.4, -0.2) is 11.7 Å². The Morgan fingerprint density at radius 3 is 2.20 bits per heavy atom. The topological polar surface area (TPSA) is 32.3 Å². The van der Waals surface area contributed by atoms with E-state index in [-0.39, 0.29) is 0 Å². The molecule has 1 rings (SSSR count). The largest absolute Gasteiger partial charge is 0.508 e. The number of benzene rings is 1. The Hall–Kier alpha value is -1.02. The molecular formula is C13H21NO. The van der Waals surface area contributed by atoms with Crippen molar-refractivity contribution < 1.29 is 5.11 Å². The molecule has 2 nitrogen and oxygen atoms in total. The SMILES string of the molecule is CC(NCC(C)(C)C)c1ccc(O)cc1. The van der Waals surface area contributed by atoms with Crippen molar-refractivity contribution in [3.63, 3.8) is 0 Å². The van der Waals surface area contributed by atoms with Gasteiger partial charge in [-0.2, -0.15) is 0 Å². The third kappa shape index (κ3) is 4.34. The van der Waals surface area contributed by atoms with Crippen molar-refractivity contribution in [2.75, 3.05) is 6.54 Å². The minimum atomic E-state index is 0.297. The molecule has 0 radical (unpaired) electrons. The van der Waals surface area contributed by atoms with Crippen LogP contribution >= 0.6 is 0 Å². The number of rotatable bonds is 3. The molecule has 0 saturated carbocycles. The Labute approximate surface area is 92.3 Å². The van der Waals surface area contributed by atoms with Crippen molar-refractivity contribution in [1.82, 2.24) is 5.32 Å². The molecule has 1 aromatic rings. The molecule has 0 aliphatic carbocycles. The Morgan fingerprint density at radius 1 is 1.20 bits per heavy atom. The van der Waals surface area contributed by atoms with Crippen molar-refractivity contribution in [2.45, 2.75) is 33.7 Å². The molecule has 0 aromatic heterocycles. The molecule has 0 aliphatic heterocycles. The second kappa shape index (κ2) is 4.67. The summed E-state index contributed by atoms with van der Waals surface area (Å²) < 4.78 is 0. The summed E-state index contributed by atoms with van der Waals surface area (Å²) in [4.78, 5) is 0. The smallest absolute Gasteiger partial charge is 0.115 e. The van der Waals surface area contributed by atoms with Crippen molar-refractivity contribution in [2.24, 2.45) is 5.41 Å². The highest BCUT2D eigenvalue weighted by atomic mass is 16.3. The number of phenols is 1. The van der Waals surface area contributed by atoms with Crippen molar-refractivity contribution >= 4 is 0 Å². The zero-order valence-corrected chi connectivity index (χ0v) is 10.0. The molecule has 1 atom stereocenters. The van der Waals surface area contributed by atoms with E-state index in [9.17, 15) is 5.11 Å². The molecule has 0 bridgehead atoms.